The summed E-state index contributed by atoms with van der Waals surface area (Å²) >= 11 is 0. The van der Waals surface area contributed by atoms with E-state index >= 15 is 0 Å². The number of aromatic nitrogens is 2. The van der Waals surface area contributed by atoms with Gasteiger partial charge in [0, 0.05) is 29.0 Å². The number of rotatable bonds is 5. The molecule has 180 valence electrons. The molecule has 4 heterocycles. The molecule has 0 saturated heterocycles. The zero-order chi connectivity index (χ0) is 24.4. The topological polar surface area (TPSA) is 70.1 Å². The summed E-state index contributed by atoms with van der Waals surface area (Å²) in [4.78, 5) is 2.17. The Labute approximate surface area is 203 Å². The lowest BCUT2D eigenvalue weighted by Gasteiger charge is -2.13. The van der Waals surface area contributed by atoms with Gasteiger partial charge in [-0.05, 0) is 30.7 Å². The maximum Gasteiger partial charge on any atom is 0.341 e. The summed E-state index contributed by atoms with van der Waals surface area (Å²) in [6, 6.07) is 7.84. The lowest BCUT2D eigenvalue weighted by molar-refractivity contribution is -0.727. The average Bonchev–Trinajstić information content (AvgIpc) is 3.56. The van der Waals surface area contributed by atoms with Gasteiger partial charge in [0.15, 0.2) is 18.0 Å². The van der Waals surface area contributed by atoms with Crippen LogP contribution in [0.2, 0.25) is 0 Å². The molecule has 0 saturated carbocycles. The van der Waals surface area contributed by atoms with Gasteiger partial charge in [0.2, 0.25) is 5.58 Å². The van der Waals surface area contributed by atoms with Crippen molar-refractivity contribution >= 4 is 27.8 Å². The molecule has 0 N–H and O–H groups in total. The fourth-order valence-corrected chi connectivity index (χ4v) is 5.20. The molecule has 1 atom stereocenters. The number of anilines is 1. The van der Waals surface area contributed by atoms with Crippen molar-refractivity contribution in [2.45, 2.75) is 26.0 Å². The lowest BCUT2D eigenvalue weighted by Crippen LogP contribution is -2.36. The Kier molecular flexibility index (Phi) is 4.81. The first-order valence-corrected chi connectivity index (χ1v) is 11.6. The van der Waals surface area contributed by atoms with Crippen molar-refractivity contribution in [1.29, 1.82) is 0 Å². The van der Waals surface area contributed by atoms with Crippen LogP contribution in [-0.2, 0) is 13.0 Å². The first-order valence-electron chi connectivity index (χ1n) is 11.6. The summed E-state index contributed by atoms with van der Waals surface area (Å²) in [7, 11) is 7.00. The van der Waals surface area contributed by atoms with E-state index < -0.39 is 0 Å². The Balaban J connectivity index is 1.68. The highest BCUT2D eigenvalue weighted by Gasteiger charge is 2.36. The second-order valence-corrected chi connectivity index (χ2v) is 9.11. The van der Waals surface area contributed by atoms with E-state index in [4.69, 9.17) is 28.5 Å². The van der Waals surface area contributed by atoms with E-state index in [-0.39, 0.29) is 6.10 Å². The fraction of sp³-hybridized carbons (Fsp3) is 0.333. The van der Waals surface area contributed by atoms with Gasteiger partial charge in [-0.15, -0.1) is 4.68 Å². The number of likely N-dealkylation sites (N-methyl/N-ethyl adjacent to an activating group) is 1. The number of benzene rings is 2. The summed E-state index contributed by atoms with van der Waals surface area (Å²) < 4.78 is 31.7. The van der Waals surface area contributed by atoms with Crippen LogP contribution in [0.1, 0.15) is 12.5 Å². The van der Waals surface area contributed by atoms with Gasteiger partial charge >= 0.3 is 5.82 Å². The molecule has 0 aliphatic carbocycles. The molecular formula is C27H28N3O5+. The number of fused-ring (bicyclic) bond motifs is 6. The average molecular weight is 475 g/mol. The Bertz CT molecular complexity index is 1520. The van der Waals surface area contributed by atoms with E-state index in [0.29, 0.717) is 23.5 Å². The first-order chi connectivity index (χ1) is 16.9. The van der Waals surface area contributed by atoms with Crippen molar-refractivity contribution in [3.63, 3.8) is 0 Å². The zero-order valence-corrected chi connectivity index (χ0v) is 20.6. The van der Waals surface area contributed by atoms with Crippen LogP contribution < -0.4 is 28.5 Å². The van der Waals surface area contributed by atoms with Gasteiger partial charge in [-0.3, -0.25) is 4.90 Å². The van der Waals surface area contributed by atoms with Gasteiger partial charge in [-0.25, -0.2) is 0 Å². The van der Waals surface area contributed by atoms with E-state index in [2.05, 4.69) is 18.5 Å². The number of nitrogens with zero attached hydrogens (tertiary/aromatic N) is 3. The molecule has 2 aliphatic heterocycles. The van der Waals surface area contributed by atoms with Crippen molar-refractivity contribution in [3.8, 4) is 34.3 Å². The monoisotopic (exact) mass is 474 g/mol. The second-order valence-electron chi connectivity index (χ2n) is 9.11. The van der Waals surface area contributed by atoms with Crippen LogP contribution in [0.15, 0.2) is 40.8 Å². The quantitative estimate of drug-likeness (QED) is 0.316. The van der Waals surface area contributed by atoms with Crippen molar-refractivity contribution < 1.29 is 28.0 Å². The van der Waals surface area contributed by atoms with Gasteiger partial charge in [0.25, 0.3) is 0 Å². The Morgan fingerprint density at radius 1 is 1.14 bits per heavy atom. The summed E-state index contributed by atoms with van der Waals surface area (Å²) in [5.74, 6) is 3.79. The van der Waals surface area contributed by atoms with Crippen molar-refractivity contribution in [2.75, 3.05) is 39.8 Å². The summed E-state index contributed by atoms with van der Waals surface area (Å²) in [5, 5.41) is 6.93. The highest BCUT2D eigenvalue weighted by Crippen LogP contribution is 2.48. The molecule has 4 aromatic rings. The molecule has 0 spiro atoms. The van der Waals surface area contributed by atoms with Crippen LogP contribution in [0.25, 0.3) is 33.2 Å². The van der Waals surface area contributed by atoms with Crippen molar-refractivity contribution in [3.05, 3.63) is 42.0 Å². The Hall–Kier alpha value is -3.94. The van der Waals surface area contributed by atoms with Gasteiger partial charge in [0.1, 0.15) is 35.4 Å². The molecular weight excluding hydrogens is 446 g/mol. The number of hydrogen-bond donors (Lipinski definition) is 0. The zero-order valence-electron chi connectivity index (χ0n) is 20.6. The van der Waals surface area contributed by atoms with Crippen LogP contribution in [0, 0.1) is 0 Å². The molecule has 0 fully saturated rings. The largest absolute Gasteiger partial charge is 0.496 e. The molecule has 2 aliphatic rings. The summed E-state index contributed by atoms with van der Waals surface area (Å²) in [6.45, 7) is 7.69. The molecule has 0 amide bonds. The van der Waals surface area contributed by atoms with Crippen LogP contribution in [-0.4, -0.2) is 46.1 Å². The van der Waals surface area contributed by atoms with Gasteiger partial charge < -0.3 is 23.4 Å². The van der Waals surface area contributed by atoms with Crippen LogP contribution in [0.4, 0.5) is 5.82 Å². The molecule has 0 bridgehead atoms. The molecule has 2 aromatic heterocycles. The van der Waals surface area contributed by atoms with Gasteiger partial charge in [0.05, 0.1) is 33.8 Å². The third-order valence-corrected chi connectivity index (χ3v) is 6.99. The van der Waals surface area contributed by atoms with Crippen LogP contribution in [0.3, 0.4) is 0 Å². The van der Waals surface area contributed by atoms with Crippen LogP contribution in [0.5, 0.6) is 23.0 Å². The third kappa shape index (κ3) is 3.05. The smallest absolute Gasteiger partial charge is 0.341 e. The lowest BCUT2D eigenvalue weighted by atomic mass is 9.98. The molecule has 0 unspecified atom stereocenters. The second kappa shape index (κ2) is 7.80. The van der Waals surface area contributed by atoms with Gasteiger partial charge in [-0.2, -0.15) is 0 Å². The predicted molar refractivity (Wildman–Crippen MR) is 133 cm³/mol. The minimum atomic E-state index is -0.0587. The van der Waals surface area contributed by atoms with E-state index in [0.717, 1.165) is 69.2 Å². The minimum Gasteiger partial charge on any atom is -0.496 e. The maximum absolute atomic E-state index is 6.47. The maximum atomic E-state index is 6.47. The fourth-order valence-electron chi connectivity index (χ4n) is 5.20. The van der Waals surface area contributed by atoms with Crippen molar-refractivity contribution in [2.24, 2.45) is 0 Å². The van der Waals surface area contributed by atoms with E-state index in [1.807, 2.05) is 35.9 Å². The first kappa shape index (κ1) is 21.6. The van der Waals surface area contributed by atoms with Gasteiger partial charge in [-0.1, -0.05) is 11.7 Å². The molecule has 8 nitrogen and oxygen atoms in total. The number of methoxy groups -OCH3 is 3. The molecule has 6 rings (SSSR count). The number of furan rings is 1. The molecule has 0 radical (unpaired) electrons. The highest BCUT2D eigenvalue weighted by molar-refractivity contribution is 6.14. The van der Waals surface area contributed by atoms with E-state index in [1.54, 1.807) is 21.3 Å². The SMILES string of the molecule is C=C(C)[C@H]1Cc2c(ccc(-c3n[n+]4c(c5oc6cc(OC)c(OC)cc6c35)N(C)CC4)c2OC)O1. The van der Waals surface area contributed by atoms with Crippen LogP contribution >= 0.6 is 0 Å². The third-order valence-electron chi connectivity index (χ3n) is 6.99. The van der Waals surface area contributed by atoms with E-state index in [1.165, 1.54) is 0 Å². The predicted octanol–water partition coefficient (Wildman–Crippen LogP) is 4.29. The minimum absolute atomic E-state index is 0.0587. The summed E-state index contributed by atoms with van der Waals surface area (Å²) in [5.41, 5.74) is 5.19. The Morgan fingerprint density at radius 2 is 1.91 bits per heavy atom. The standard InChI is InChI=1S/C27H28N3O5/c1-14(2)19-12-17-18(34-19)8-7-15(25(17)33-6)24-23-16-11-21(31-4)22(32-5)13-20(16)35-26(23)27-29(3)9-10-30(27)28-24/h7-8,11,13,19H,1,9-10,12H2,2-6H3/q+1/t19-/m1/s1. The van der Waals surface area contributed by atoms with E-state index in [9.17, 15) is 0 Å². The molecule has 8 heteroatoms. The highest BCUT2D eigenvalue weighted by atomic mass is 16.5. The normalized spacial score (nSPS) is 16.4. The van der Waals surface area contributed by atoms with Crippen molar-refractivity contribution in [1.82, 2.24) is 5.10 Å². The summed E-state index contributed by atoms with van der Waals surface area (Å²) in [6.07, 6.45) is 0.652. The number of ether oxygens (including phenoxy) is 4. The molecule has 35 heavy (non-hydrogen) atoms. The Morgan fingerprint density at radius 3 is 2.63 bits per heavy atom. The molecule has 2 aromatic carbocycles. The number of hydrogen-bond acceptors (Lipinski definition) is 7.